The maximum atomic E-state index is 12.9. The molecule has 0 N–H and O–H groups in total. The Morgan fingerprint density at radius 1 is 1.16 bits per heavy atom. The summed E-state index contributed by atoms with van der Waals surface area (Å²) < 4.78 is 39.9. The first-order valence-corrected chi connectivity index (χ1v) is 8.28. The number of hydrogen-bond donors (Lipinski definition) is 0. The van der Waals surface area contributed by atoms with E-state index in [1.54, 1.807) is 0 Å². The summed E-state index contributed by atoms with van der Waals surface area (Å²) in [7, 11) is 0. The van der Waals surface area contributed by atoms with Crippen LogP contribution in [-0.4, -0.2) is 19.8 Å². The van der Waals surface area contributed by atoms with Gasteiger partial charge in [-0.3, -0.25) is 4.40 Å². The second-order valence-corrected chi connectivity index (χ2v) is 6.72. The van der Waals surface area contributed by atoms with Crippen LogP contribution < -0.4 is 0 Å². The third-order valence-corrected chi connectivity index (χ3v) is 4.68. The van der Waals surface area contributed by atoms with E-state index in [-0.39, 0.29) is 5.16 Å². The van der Waals surface area contributed by atoms with Gasteiger partial charge in [0.15, 0.2) is 10.8 Å². The molecule has 0 fully saturated rings. The summed E-state index contributed by atoms with van der Waals surface area (Å²) in [4.78, 5) is 0. The van der Waals surface area contributed by atoms with Gasteiger partial charge in [0.1, 0.15) is 5.25 Å². The van der Waals surface area contributed by atoms with Crippen molar-refractivity contribution in [1.82, 2.24) is 14.6 Å². The van der Waals surface area contributed by atoms with E-state index in [1.165, 1.54) is 10.5 Å². The van der Waals surface area contributed by atoms with Gasteiger partial charge in [-0.15, -0.1) is 10.2 Å². The van der Waals surface area contributed by atoms with Gasteiger partial charge in [-0.05, 0) is 31.0 Å². The molecular weight excluding hydrogens is 349 g/mol. The molecule has 2 aromatic heterocycles. The molecule has 0 aliphatic rings. The summed E-state index contributed by atoms with van der Waals surface area (Å²) in [6, 6.07) is 12.2. The van der Waals surface area contributed by atoms with E-state index >= 15 is 0 Å². The van der Waals surface area contributed by atoms with Crippen molar-refractivity contribution >= 4 is 17.4 Å². The normalized spacial score (nSPS) is 12.9. The van der Waals surface area contributed by atoms with Gasteiger partial charge < -0.3 is 0 Å². The van der Waals surface area contributed by atoms with Crippen molar-refractivity contribution in [3.63, 3.8) is 0 Å². The highest BCUT2D eigenvalue weighted by Crippen LogP contribution is 2.31. The lowest BCUT2D eigenvalue weighted by molar-refractivity contribution is -0.137. The van der Waals surface area contributed by atoms with Crippen LogP contribution in [0.2, 0.25) is 0 Å². The summed E-state index contributed by atoms with van der Waals surface area (Å²) in [5.41, 5.74) is 1.62. The number of thioether (sulfide) groups is 1. The predicted molar refractivity (Wildman–Crippen MR) is 88.1 cm³/mol. The topological polar surface area (TPSA) is 54.0 Å². The number of hydrogen-bond acceptors (Lipinski definition) is 4. The van der Waals surface area contributed by atoms with Gasteiger partial charge in [-0.25, -0.2) is 0 Å². The summed E-state index contributed by atoms with van der Waals surface area (Å²) in [6.07, 6.45) is -3.02. The number of nitriles is 1. The van der Waals surface area contributed by atoms with E-state index in [1.807, 2.05) is 31.2 Å². The number of alkyl halides is 3. The number of fused-ring (bicyclic) bond motifs is 1. The quantitative estimate of drug-likeness (QED) is 0.650. The summed E-state index contributed by atoms with van der Waals surface area (Å²) in [5, 5.41) is 17.0. The fourth-order valence-corrected chi connectivity index (χ4v) is 3.23. The molecular formula is C17H13F3N4S. The fraction of sp³-hybridized carbons (Fsp3) is 0.235. The molecule has 0 aliphatic heterocycles. The number of halogens is 3. The molecule has 0 bridgehead atoms. The zero-order valence-corrected chi connectivity index (χ0v) is 14.0. The summed E-state index contributed by atoms with van der Waals surface area (Å²) >= 11 is 1.10. The summed E-state index contributed by atoms with van der Waals surface area (Å²) in [5.74, 6) is 0. The first-order valence-electron chi connectivity index (χ1n) is 7.40. The van der Waals surface area contributed by atoms with Gasteiger partial charge in [0, 0.05) is 6.20 Å². The lowest BCUT2D eigenvalue weighted by atomic mass is 10.1. The molecule has 0 amide bonds. The molecule has 2 heterocycles. The third kappa shape index (κ3) is 3.94. The first kappa shape index (κ1) is 17.3. The standard InChI is InChI=1S/C17H13F3N4S/c1-11-2-4-12(5-3-11)8-14(9-21)25-16-23-22-15-7-6-13(10-24(15)16)17(18,19)20/h2-7,10,14H,8H2,1H3. The minimum atomic E-state index is -4.45. The fourth-order valence-electron chi connectivity index (χ4n) is 2.30. The van der Waals surface area contributed by atoms with E-state index in [0.29, 0.717) is 12.1 Å². The number of aromatic nitrogens is 3. The number of rotatable bonds is 4. The Balaban J connectivity index is 1.85. The van der Waals surface area contributed by atoms with E-state index in [9.17, 15) is 18.4 Å². The zero-order chi connectivity index (χ0) is 18.0. The Hall–Kier alpha value is -2.53. The Labute approximate surface area is 146 Å². The van der Waals surface area contributed by atoms with E-state index in [0.717, 1.165) is 35.2 Å². The van der Waals surface area contributed by atoms with Crippen LogP contribution in [0.5, 0.6) is 0 Å². The highest BCUT2D eigenvalue weighted by Gasteiger charge is 2.31. The largest absolute Gasteiger partial charge is 0.417 e. The van der Waals surface area contributed by atoms with Crippen LogP contribution >= 0.6 is 11.8 Å². The van der Waals surface area contributed by atoms with Gasteiger partial charge in [-0.2, -0.15) is 18.4 Å². The maximum absolute atomic E-state index is 12.9. The van der Waals surface area contributed by atoms with Crippen LogP contribution in [0.3, 0.4) is 0 Å². The smallest absolute Gasteiger partial charge is 0.277 e. The molecule has 3 rings (SSSR count). The third-order valence-electron chi connectivity index (χ3n) is 3.63. The SMILES string of the molecule is Cc1ccc(CC(C#N)Sc2nnc3ccc(C(F)(F)F)cn23)cc1. The number of benzene rings is 1. The zero-order valence-electron chi connectivity index (χ0n) is 13.2. The lowest BCUT2D eigenvalue weighted by Crippen LogP contribution is -2.08. The number of nitrogens with zero attached hydrogens (tertiary/aromatic N) is 4. The molecule has 128 valence electrons. The van der Waals surface area contributed by atoms with E-state index in [4.69, 9.17) is 0 Å². The molecule has 1 aromatic carbocycles. The van der Waals surface area contributed by atoms with Crippen molar-refractivity contribution in [3.8, 4) is 6.07 Å². The average molecular weight is 362 g/mol. The molecule has 8 heteroatoms. The maximum Gasteiger partial charge on any atom is 0.417 e. The molecule has 0 radical (unpaired) electrons. The van der Waals surface area contributed by atoms with Crippen LogP contribution in [-0.2, 0) is 12.6 Å². The monoisotopic (exact) mass is 362 g/mol. The van der Waals surface area contributed by atoms with Gasteiger partial charge in [-0.1, -0.05) is 41.6 Å². The van der Waals surface area contributed by atoms with Crippen molar-refractivity contribution in [2.24, 2.45) is 0 Å². The molecule has 4 nitrogen and oxygen atoms in total. The highest BCUT2D eigenvalue weighted by molar-refractivity contribution is 8.00. The molecule has 1 unspecified atom stereocenters. The second-order valence-electron chi connectivity index (χ2n) is 5.55. The first-order chi connectivity index (χ1) is 11.9. The molecule has 1 atom stereocenters. The van der Waals surface area contributed by atoms with Crippen molar-refractivity contribution in [1.29, 1.82) is 5.26 Å². The van der Waals surface area contributed by atoms with Crippen LogP contribution in [0.25, 0.3) is 5.65 Å². The predicted octanol–water partition coefficient (Wildman–Crippen LogP) is 4.28. The van der Waals surface area contributed by atoms with Gasteiger partial charge in [0.25, 0.3) is 0 Å². The molecule has 0 saturated carbocycles. The highest BCUT2D eigenvalue weighted by atomic mass is 32.2. The van der Waals surface area contributed by atoms with Gasteiger partial charge in [0.05, 0.1) is 11.6 Å². The second kappa shape index (κ2) is 6.76. The van der Waals surface area contributed by atoms with Gasteiger partial charge >= 0.3 is 6.18 Å². The van der Waals surface area contributed by atoms with Crippen LogP contribution in [0.4, 0.5) is 13.2 Å². The van der Waals surface area contributed by atoms with Crippen LogP contribution in [0.15, 0.2) is 47.8 Å². The molecule has 0 saturated heterocycles. The molecule has 0 spiro atoms. The van der Waals surface area contributed by atoms with Gasteiger partial charge in [0.2, 0.25) is 0 Å². The van der Waals surface area contributed by atoms with Crippen molar-refractivity contribution < 1.29 is 13.2 Å². The molecule has 0 aliphatic carbocycles. The van der Waals surface area contributed by atoms with E-state index in [2.05, 4.69) is 16.3 Å². The summed E-state index contributed by atoms with van der Waals surface area (Å²) in [6.45, 7) is 1.97. The van der Waals surface area contributed by atoms with Crippen molar-refractivity contribution in [2.75, 3.05) is 0 Å². The molecule has 25 heavy (non-hydrogen) atoms. The number of aryl methyl sites for hydroxylation is 1. The molecule has 3 aromatic rings. The van der Waals surface area contributed by atoms with Crippen LogP contribution in [0, 0.1) is 18.3 Å². The Bertz CT molecular complexity index is 926. The van der Waals surface area contributed by atoms with Crippen LogP contribution in [0.1, 0.15) is 16.7 Å². The lowest BCUT2D eigenvalue weighted by Gasteiger charge is -2.09. The van der Waals surface area contributed by atoms with E-state index < -0.39 is 17.0 Å². The minimum Gasteiger partial charge on any atom is -0.277 e. The average Bonchev–Trinajstić information content (AvgIpc) is 2.97. The van der Waals surface area contributed by atoms with Crippen molar-refractivity contribution in [2.45, 2.75) is 29.9 Å². The Morgan fingerprint density at radius 2 is 1.88 bits per heavy atom. The Kier molecular flexibility index (Phi) is 4.68. The van der Waals surface area contributed by atoms with Crippen molar-refractivity contribution in [3.05, 3.63) is 59.3 Å². The minimum absolute atomic E-state index is 0.264. The number of pyridine rings is 1. The Morgan fingerprint density at radius 3 is 2.52 bits per heavy atom.